The van der Waals surface area contributed by atoms with Gasteiger partial charge in [0.05, 0.1) is 24.9 Å². The van der Waals surface area contributed by atoms with Crippen molar-refractivity contribution in [1.29, 1.82) is 0 Å². The number of halogens is 3. The summed E-state index contributed by atoms with van der Waals surface area (Å²) in [4.78, 5) is 11.3. The molecule has 0 spiro atoms. The zero-order valence-corrected chi connectivity index (χ0v) is 9.44. The Kier molecular flexibility index (Phi) is 5.40. The van der Waals surface area contributed by atoms with Crippen molar-refractivity contribution in [3.8, 4) is 0 Å². The van der Waals surface area contributed by atoms with Gasteiger partial charge in [0.1, 0.15) is 5.76 Å². The lowest BCUT2D eigenvalue weighted by atomic mass is 10.2. The molecule has 1 amide bonds. The molecule has 92 valence electrons. The number of amides is 1. The predicted molar refractivity (Wildman–Crippen MR) is 57.0 cm³/mol. The van der Waals surface area contributed by atoms with Crippen LogP contribution in [0.1, 0.15) is 16.1 Å². The lowest BCUT2D eigenvalue weighted by Gasteiger charge is -2.14. The van der Waals surface area contributed by atoms with Gasteiger partial charge in [-0.3, -0.25) is 4.79 Å². The number of carbonyl (C=O) groups is 1. The minimum atomic E-state index is -3.08. The normalized spacial score (nSPS) is 10.8. The predicted octanol–water partition coefficient (Wildman–Crippen LogP) is 1.33. The fraction of sp³-hybridized carbons (Fsp3) is 0.444. The van der Waals surface area contributed by atoms with Crippen LogP contribution in [0.3, 0.4) is 0 Å². The van der Waals surface area contributed by atoms with Gasteiger partial charge in [-0.25, -0.2) is 8.78 Å². The van der Waals surface area contributed by atoms with Crippen LogP contribution in [-0.2, 0) is 0 Å². The van der Waals surface area contributed by atoms with Gasteiger partial charge in [0.25, 0.3) is 11.8 Å². The standard InChI is InChI=1S/C9H12F2N2O2.ClH/c1-6-7(2-3-15-6)8(14)13-5-9(10,11)4-12;/h2-3H,4-5,12H2,1H3,(H,13,14);1H. The Morgan fingerprint density at radius 2 is 2.25 bits per heavy atom. The molecule has 0 aromatic carbocycles. The number of nitrogens with one attached hydrogen (secondary N) is 1. The van der Waals surface area contributed by atoms with Crippen molar-refractivity contribution in [3.63, 3.8) is 0 Å². The van der Waals surface area contributed by atoms with E-state index in [1.165, 1.54) is 12.3 Å². The maximum atomic E-state index is 12.7. The molecule has 0 aliphatic heterocycles. The molecule has 0 radical (unpaired) electrons. The molecule has 4 nitrogen and oxygen atoms in total. The van der Waals surface area contributed by atoms with E-state index >= 15 is 0 Å². The summed E-state index contributed by atoms with van der Waals surface area (Å²) in [7, 11) is 0. The molecule has 1 heterocycles. The third kappa shape index (κ3) is 3.79. The fourth-order valence-electron chi connectivity index (χ4n) is 0.998. The van der Waals surface area contributed by atoms with Crippen LogP contribution in [0.15, 0.2) is 16.7 Å². The smallest absolute Gasteiger partial charge is 0.277 e. The van der Waals surface area contributed by atoms with Gasteiger partial charge >= 0.3 is 0 Å². The van der Waals surface area contributed by atoms with Crippen molar-refractivity contribution in [2.24, 2.45) is 5.73 Å². The van der Waals surface area contributed by atoms with Crippen molar-refractivity contribution in [1.82, 2.24) is 5.32 Å². The van der Waals surface area contributed by atoms with E-state index in [9.17, 15) is 13.6 Å². The van der Waals surface area contributed by atoms with Gasteiger partial charge in [-0.05, 0) is 13.0 Å². The van der Waals surface area contributed by atoms with Crippen molar-refractivity contribution in [3.05, 3.63) is 23.7 Å². The first-order valence-corrected chi connectivity index (χ1v) is 4.36. The second-order valence-electron chi connectivity index (χ2n) is 3.13. The van der Waals surface area contributed by atoms with Gasteiger partial charge in [-0.15, -0.1) is 12.4 Å². The molecule has 0 aliphatic rings. The van der Waals surface area contributed by atoms with Crippen LogP contribution in [0.2, 0.25) is 0 Å². The highest BCUT2D eigenvalue weighted by atomic mass is 35.5. The second-order valence-corrected chi connectivity index (χ2v) is 3.13. The van der Waals surface area contributed by atoms with Crippen molar-refractivity contribution < 1.29 is 18.0 Å². The largest absolute Gasteiger partial charge is 0.469 e. The lowest BCUT2D eigenvalue weighted by molar-refractivity contribution is 0.0118. The number of hydrogen-bond acceptors (Lipinski definition) is 3. The average molecular weight is 255 g/mol. The van der Waals surface area contributed by atoms with Crippen molar-refractivity contribution in [2.45, 2.75) is 12.8 Å². The van der Waals surface area contributed by atoms with Crippen LogP contribution in [0, 0.1) is 6.92 Å². The first-order valence-electron chi connectivity index (χ1n) is 4.36. The van der Waals surface area contributed by atoms with Gasteiger partial charge in [0, 0.05) is 0 Å². The maximum Gasteiger partial charge on any atom is 0.277 e. The lowest BCUT2D eigenvalue weighted by Crippen LogP contribution is -2.41. The number of alkyl halides is 2. The summed E-state index contributed by atoms with van der Waals surface area (Å²) >= 11 is 0. The summed E-state index contributed by atoms with van der Waals surface area (Å²) in [6.07, 6.45) is 1.32. The number of carbonyl (C=O) groups excluding carboxylic acids is 1. The molecule has 0 atom stereocenters. The van der Waals surface area contributed by atoms with Gasteiger partial charge in [-0.1, -0.05) is 0 Å². The summed E-state index contributed by atoms with van der Waals surface area (Å²) in [5.74, 6) is -3.27. The number of furan rings is 1. The summed E-state index contributed by atoms with van der Waals surface area (Å²) in [5.41, 5.74) is 5.07. The van der Waals surface area contributed by atoms with E-state index < -0.39 is 24.9 Å². The third-order valence-electron chi connectivity index (χ3n) is 1.91. The van der Waals surface area contributed by atoms with Gasteiger partial charge in [-0.2, -0.15) is 0 Å². The molecule has 7 heteroatoms. The number of rotatable bonds is 4. The zero-order chi connectivity index (χ0) is 11.5. The Morgan fingerprint density at radius 1 is 1.62 bits per heavy atom. The SMILES string of the molecule is Cc1occc1C(=O)NCC(F)(F)CN.Cl. The van der Waals surface area contributed by atoms with E-state index in [1.807, 2.05) is 0 Å². The summed E-state index contributed by atoms with van der Waals surface area (Å²) < 4.78 is 30.3. The Labute approximate surface area is 97.6 Å². The molecule has 16 heavy (non-hydrogen) atoms. The Hall–Kier alpha value is -1.14. The van der Waals surface area contributed by atoms with E-state index in [0.717, 1.165) is 0 Å². The van der Waals surface area contributed by atoms with Crippen LogP contribution in [0.4, 0.5) is 8.78 Å². The quantitative estimate of drug-likeness (QED) is 0.852. The molecular formula is C9H13ClF2N2O2. The van der Waals surface area contributed by atoms with E-state index in [-0.39, 0.29) is 18.0 Å². The van der Waals surface area contributed by atoms with Crippen LogP contribution >= 0.6 is 12.4 Å². The van der Waals surface area contributed by atoms with E-state index in [1.54, 1.807) is 6.92 Å². The van der Waals surface area contributed by atoms with Crippen LogP contribution < -0.4 is 11.1 Å². The maximum absolute atomic E-state index is 12.7. The Bertz CT molecular complexity index is 355. The average Bonchev–Trinajstić information content (AvgIpc) is 2.61. The first kappa shape index (κ1) is 14.9. The van der Waals surface area contributed by atoms with Crippen LogP contribution in [0.5, 0.6) is 0 Å². The monoisotopic (exact) mass is 254 g/mol. The van der Waals surface area contributed by atoms with Crippen LogP contribution in [-0.4, -0.2) is 24.9 Å². The third-order valence-corrected chi connectivity index (χ3v) is 1.91. The molecule has 0 unspecified atom stereocenters. The Morgan fingerprint density at radius 3 is 2.69 bits per heavy atom. The molecule has 1 aromatic heterocycles. The van der Waals surface area contributed by atoms with Gasteiger partial charge in [0.2, 0.25) is 0 Å². The molecule has 0 aliphatic carbocycles. The highest BCUT2D eigenvalue weighted by Gasteiger charge is 2.27. The van der Waals surface area contributed by atoms with E-state index in [0.29, 0.717) is 5.76 Å². The summed E-state index contributed by atoms with van der Waals surface area (Å²) in [6.45, 7) is 0.0145. The van der Waals surface area contributed by atoms with Crippen molar-refractivity contribution >= 4 is 18.3 Å². The number of nitrogens with two attached hydrogens (primary N) is 1. The number of aryl methyl sites for hydroxylation is 1. The van der Waals surface area contributed by atoms with Crippen molar-refractivity contribution in [2.75, 3.05) is 13.1 Å². The minimum Gasteiger partial charge on any atom is -0.469 e. The molecule has 0 saturated heterocycles. The molecule has 1 rings (SSSR count). The molecular weight excluding hydrogens is 242 g/mol. The highest BCUT2D eigenvalue weighted by molar-refractivity contribution is 5.95. The van der Waals surface area contributed by atoms with Crippen LogP contribution in [0.25, 0.3) is 0 Å². The summed E-state index contributed by atoms with van der Waals surface area (Å²) in [6, 6.07) is 1.42. The minimum absolute atomic E-state index is 0. The molecule has 1 aromatic rings. The number of hydrogen-bond donors (Lipinski definition) is 2. The fourth-order valence-corrected chi connectivity index (χ4v) is 0.998. The first-order chi connectivity index (χ1) is 6.96. The molecule has 0 saturated carbocycles. The van der Waals surface area contributed by atoms with E-state index in [2.05, 4.69) is 5.32 Å². The molecule has 0 bridgehead atoms. The molecule has 0 fully saturated rings. The van der Waals surface area contributed by atoms with E-state index in [4.69, 9.17) is 10.2 Å². The summed E-state index contributed by atoms with van der Waals surface area (Å²) in [5, 5.41) is 2.09. The Balaban J connectivity index is 0.00000225. The topological polar surface area (TPSA) is 68.3 Å². The molecule has 3 N–H and O–H groups in total. The zero-order valence-electron chi connectivity index (χ0n) is 8.63. The van der Waals surface area contributed by atoms with Gasteiger partial charge in [0.15, 0.2) is 0 Å². The highest BCUT2D eigenvalue weighted by Crippen LogP contribution is 2.11. The second kappa shape index (κ2) is 5.81. The van der Waals surface area contributed by atoms with Gasteiger partial charge < -0.3 is 15.5 Å².